The zero-order chi connectivity index (χ0) is 26.2. The second-order valence-corrected chi connectivity index (χ2v) is 12.8. The number of halogens is 1. The van der Waals surface area contributed by atoms with E-state index in [2.05, 4.69) is 4.99 Å². The molecule has 0 spiro atoms. The maximum Gasteiger partial charge on any atom is 0.252 e. The number of anilines is 1. The predicted octanol–water partition coefficient (Wildman–Crippen LogP) is 5.29. The molecule has 37 heavy (non-hydrogen) atoms. The molecule has 0 aromatic heterocycles. The first-order valence-corrected chi connectivity index (χ1v) is 14.7. The monoisotopic (exact) mass is 556 g/mol. The zero-order valence-electron chi connectivity index (χ0n) is 20.3. The molecular weight excluding hydrogens is 532 g/mol. The van der Waals surface area contributed by atoms with Gasteiger partial charge >= 0.3 is 0 Å². The molecule has 2 aliphatic heterocycles. The number of rotatable bonds is 6. The van der Waals surface area contributed by atoms with E-state index in [0.29, 0.717) is 33.1 Å². The fourth-order valence-corrected chi connectivity index (χ4v) is 8.57. The first-order chi connectivity index (χ1) is 17.7. The zero-order valence-corrected chi connectivity index (χ0v) is 22.6. The molecule has 2 fully saturated rings. The van der Waals surface area contributed by atoms with Crippen LogP contribution in [0.25, 0.3) is 0 Å². The Labute approximate surface area is 225 Å². The third-order valence-corrected chi connectivity index (χ3v) is 9.64. The topological polar surface area (TPSA) is 85.3 Å². The van der Waals surface area contributed by atoms with Crippen LogP contribution in [0.3, 0.4) is 0 Å². The number of nitrogens with zero attached hydrogens (tertiary/aromatic N) is 2. The van der Waals surface area contributed by atoms with Gasteiger partial charge in [-0.2, -0.15) is 4.99 Å². The van der Waals surface area contributed by atoms with Crippen LogP contribution in [0.4, 0.5) is 5.69 Å². The molecule has 5 rings (SSSR count). The molecule has 2 saturated heterocycles. The number of carbonyl (C=O) groups excluding carboxylic acids is 1. The van der Waals surface area contributed by atoms with E-state index in [1.54, 1.807) is 37.4 Å². The summed E-state index contributed by atoms with van der Waals surface area (Å²) in [4.78, 5) is 19.2. The normalized spacial score (nSPS) is 21.2. The molecule has 10 heteroatoms. The maximum atomic E-state index is 13.0. The van der Waals surface area contributed by atoms with Crippen molar-refractivity contribution >= 4 is 50.0 Å². The molecule has 0 radical (unpaired) electrons. The molecule has 0 bridgehead atoms. The minimum atomic E-state index is -3.23. The quantitative estimate of drug-likeness (QED) is 0.407. The number of carbonyl (C=O) groups is 1. The average molecular weight is 557 g/mol. The summed E-state index contributed by atoms with van der Waals surface area (Å²) in [5, 5.41) is 0.660. The summed E-state index contributed by atoms with van der Waals surface area (Å²) in [5.41, 5.74) is 2.42. The molecule has 0 saturated carbocycles. The minimum absolute atomic E-state index is 0.0269. The van der Waals surface area contributed by atoms with Gasteiger partial charge in [0.1, 0.15) is 11.5 Å². The van der Waals surface area contributed by atoms with Crippen molar-refractivity contribution in [2.75, 3.05) is 23.5 Å². The Morgan fingerprint density at radius 2 is 1.86 bits per heavy atom. The fraction of sp³-hybridized carbons (Fsp3) is 0.259. The van der Waals surface area contributed by atoms with Gasteiger partial charge in [0.25, 0.3) is 5.91 Å². The third-order valence-electron chi connectivity index (χ3n) is 6.20. The molecule has 7 nitrogen and oxygen atoms in total. The summed E-state index contributed by atoms with van der Waals surface area (Å²) in [6.45, 7) is 1.97. The van der Waals surface area contributed by atoms with E-state index in [0.717, 1.165) is 11.1 Å². The van der Waals surface area contributed by atoms with Gasteiger partial charge in [-0.05, 0) is 60.5 Å². The van der Waals surface area contributed by atoms with Crippen molar-refractivity contribution in [3.63, 3.8) is 0 Å². The molecule has 3 aromatic rings. The van der Waals surface area contributed by atoms with Gasteiger partial charge in [-0.15, -0.1) is 0 Å². The van der Waals surface area contributed by atoms with Crippen LogP contribution in [-0.2, 0) is 21.1 Å². The predicted molar refractivity (Wildman–Crippen MR) is 148 cm³/mol. The molecule has 1 amide bonds. The SMILES string of the molecule is COc1ccc(CC(=O)N=C2S[C@H]3CS(=O)(=O)C[C@H]3N2c2cc(Cl)ccc2Oc2cccc(C)c2)cc1. The second kappa shape index (κ2) is 10.4. The first-order valence-electron chi connectivity index (χ1n) is 11.7. The number of aliphatic imine (C=N–C) groups is 1. The van der Waals surface area contributed by atoms with Crippen LogP contribution in [0.5, 0.6) is 17.2 Å². The van der Waals surface area contributed by atoms with Crippen LogP contribution in [-0.4, -0.2) is 49.4 Å². The van der Waals surface area contributed by atoms with Crippen molar-refractivity contribution in [1.82, 2.24) is 0 Å². The lowest BCUT2D eigenvalue weighted by Gasteiger charge is -2.27. The molecular formula is C27H25ClN2O5S2. The van der Waals surface area contributed by atoms with E-state index in [4.69, 9.17) is 21.1 Å². The summed E-state index contributed by atoms with van der Waals surface area (Å²) >= 11 is 7.70. The van der Waals surface area contributed by atoms with Crippen LogP contribution in [0.15, 0.2) is 71.7 Å². The summed E-state index contributed by atoms with van der Waals surface area (Å²) in [6.07, 6.45) is 0.109. The maximum absolute atomic E-state index is 13.0. The Balaban J connectivity index is 1.50. The van der Waals surface area contributed by atoms with E-state index in [1.807, 2.05) is 48.2 Å². The van der Waals surface area contributed by atoms with Crippen LogP contribution in [0.1, 0.15) is 11.1 Å². The fourth-order valence-electron chi connectivity index (χ4n) is 4.48. The van der Waals surface area contributed by atoms with E-state index in [9.17, 15) is 13.2 Å². The van der Waals surface area contributed by atoms with E-state index < -0.39 is 9.84 Å². The number of amides is 1. The van der Waals surface area contributed by atoms with Gasteiger partial charge < -0.3 is 14.4 Å². The van der Waals surface area contributed by atoms with Gasteiger partial charge in [0.05, 0.1) is 36.8 Å². The second-order valence-electron chi connectivity index (χ2n) is 9.01. The summed E-state index contributed by atoms with van der Waals surface area (Å²) in [7, 11) is -1.64. The number of hydrogen-bond acceptors (Lipinski definition) is 6. The van der Waals surface area contributed by atoms with Crippen LogP contribution in [0, 0.1) is 6.92 Å². The number of ether oxygens (including phenoxy) is 2. The third kappa shape index (κ3) is 5.79. The van der Waals surface area contributed by atoms with Gasteiger partial charge in [-0.3, -0.25) is 4.79 Å². The van der Waals surface area contributed by atoms with E-state index in [-0.39, 0.29) is 35.1 Å². The Kier molecular flexibility index (Phi) is 7.20. The molecule has 0 aliphatic carbocycles. The highest BCUT2D eigenvalue weighted by Crippen LogP contribution is 2.45. The number of amidine groups is 1. The summed E-state index contributed by atoms with van der Waals surface area (Å²) in [5.74, 6) is 1.50. The van der Waals surface area contributed by atoms with Crippen molar-refractivity contribution in [2.24, 2.45) is 4.99 Å². The Morgan fingerprint density at radius 1 is 1.08 bits per heavy atom. The lowest BCUT2D eigenvalue weighted by molar-refractivity contribution is -0.117. The largest absolute Gasteiger partial charge is 0.497 e. The van der Waals surface area contributed by atoms with Gasteiger partial charge in [0.2, 0.25) is 0 Å². The molecule has 192 valence electrons. The standard InChI is InChI=1S/C27H25ClN2O5S2/c1-17-4-3-5-21(12-17)35-24-11-8-19(28)14-22(24)30-23-15-37(32,33)16-25(23)36-27(30)29-26(31)13-18-6-9-20(34-2)10-7-18/h3-12,14,23,25H,13,15-16H2,1-2H3/t23-,25+/m1/s1. The van der Waals surface area contributed by atoms with Crippen molar-refractivity contribution in [3.8, 4) is 17.2 Å². The highest BCUT2D eigenvalue weighted by Gasteiger charge is 2.50. The molecule has 2 aliphatic rings. The lowest BCUT2D eigenvalue weighted by Crippen LogP contribution is -2.38. The molecule has 2 atom stereocenters. The van der Waals surface area contributed by atoms with Gasteiger partial charge in [0, 0.05) is 10.3 Å². The molecule has 3 aromatic carbocycles. The number of benzene rings is 3. The highest BCUT2D eigenvalue weighted by atomic mass is 35.5. The minimum Gasteiger partial charge on any atom is -0.497 e. The van der Waals surface area contributed by atoms with Crippen molar-refractivity contribution < 1.29 is 22.7 Å². The van der Waals surface area contributed by atoms with Gasteiger partial charge in [0.15, 0.2) is 20.8 Å². The summed E-state index contributed by atoms with van der Waals surface area (Å²) < 4.78 is 36.4. The summed E-state index contributed by atoms with van der Waals surface area (Å²) in [6, 6.07) is 19.7. The Morgan fingerprint density at radius 3 is 2.59 bits per heavy atom. The van der Waals surface area contributed by atoms with Crippen molar-refractivity contribution in [2.45, 2.75) is 24.6 Å². The van der Waals surface area contributed by atoms with Gasteiger partial charge in [-0.1, -0.05) is 47.6 Å². The highest BCUT2D eigenvalue weighted by molar-refractivity contribution is 8.16. The Bertz CT molecular complexity index is 1470. The number of hydrogen-bond donors (Lipinski definition) is 0. The number of methoxy groups -OCH3 is 1. The van der Waals surface area contributed by atoms with E-state index >= 15 is 0 Å². The van der Waals surface area contributed by atoms with Crippen LogP contribution in [0.2, 0.25) is 5.02 Å². The number of sulfone groups is 1. The molecule has 0 N–H and O–H groups in total. The van der Waals surface area contributed by atoms with Crippen LogP contribution < -0.4 is 14.4 Å². The van der Waals surface area contributed by atoms with Crippen molar-refractivity contribution in [3.05, 3.63) is 82.9 Å². The number of aryl methyl sites for hydroxylation is 1. The van der Waals surface area contributed by atoms with Crippen LogP contribution >= 0.6 is 23.4 Å². The lowest BCUT2D eigenvalue weighted by atomic mass is 10.1. The molecule has 0 unspecified atom stereocenters. The van der Waals surface area contributed by atoms with E-state index in [1.165, 1.54) is 11.8 Å². The average Bonchev–Trinajstić information content (AvgIpc) is 3.31. The number of thioether (sulfide) groups is 1. The smallest absolute Gasteiger partial charge is 0.252 e. The van der Waals surface area contributed by atoms with Crippen molar-refractivity contribution in [1.29, 1.82) is 0 Å². The molecule has 2 heterocycles. The Hall–Kier alpha value is -3.01. The van der Waals surface area contributed by atoms with Gasteiger partial charge in [-0.25, -0.2) is 8.42 Å². The first kappa shape index (κ1) is 25.6. The number of fused-ring (bicyclic) bond motifs is 1.